The van der Waals surface area contributed by atoms with Crippen LogP contribution < -0.4 is 5.32 Å². The standard InChI is InChI=1S/C24H33FN6O3/c1-16-6-7-20(25)19-13-21(28-23(16)19)24(33)27-17-4-3-5-18(12-17)29-8-10-30(11-9-29)22(26-2)14-31(34)15-32/h6-7,13-14,17-18,32H,3-5,8-12,15H2,1-2H3,(H2-,26,27,28,33,34)/p+1/t17-,18+/m1/s1. The number of aromatic amines is 1. The van der Waals surface area contributed by atoms with E-state index in [1.165, 1.54) is 12.3 Å². The van der Waals surface area contributed by atoms with Gasteiger partial charge in [0.25, 0.3) is 18.9 Å². The molecule has 4 N–H and O–H groups in total. The van der Waals surface area contributed by atoms with Gasteiger partial charge in [0.2, 0.25) is 0 Å². The van der Waals surface area contributed by atoms with Crippen molar-refractivity contribution in [3.05, 3.63) is 35.3 Å². The minimum atomic E-state index is -0.485. The number of aliphatic imine (C=N–C) groups is 1. The Balaban J connectivity index is 1.34. The number of benzene rings is 1. The Morgan fingerprint density at radius 1 is 1.32 bits per heavy atom. The third-order valence-corrected chi connectivity index (χ3v) is 6.97. The molecule has 2 aliphatic rings. The first-order valence-electron chi connectivity index (χ1n) is 11.8. The minimum absolute atomic E-state index is 0.0789. The summed E-state index contributed by atoms with van der Waals surface area (Å²) in [5.74, 6) is 0.113. The lowest BCUT2D eigenvalue weighted by Gasteiger charge is -2.42. The number of halogens is 1. The predicted octanol–water partition coefficient (Wildman–Crippen LogP) is 1.72. The summed E-state index contributed by atoms with van der Waals surface area (Å²) in [6.45, 7) is 4.69. The third-order valence-electron chi connectivity index (χ3n) is 6.97. The number of carbonyl (C=O) groups excluding carboxylic acids is 1. The van der Waals surface area contributed by atoms with Gasteiger partial charge in [0, 0.05) is 55.4 Å². The number of H-pyrrole nitrogens is 1. The zero-order valence-electron chi connectivity index (χ0n) is 19.8. The average Bonchev–Trinajstić information content (AvgIpc) is 3.32. The minimum Gasteiger partial charge on any atom is -0.350 e. The topological polar surface area (TPSA) is 107 Å². The summed E-state index contributed by atoms with van der Waals surface area (Å²) in [5, 5.41) is 22.2. The van der Waals surface area contributed by atoms with Gasteiger partial charge in [-0.3, -0.25) is 19.9 Å². The Morgan fingerprint density at radius 2 is 2.09 bits per heavy atom. The molecule has 2 heterocycles. The summed E-state index contributed by atoms with van der Waals surface area (Å²) in [7, 11) is 1.67. The second-order valence-corrected chi connectivity index (χ2v) is 9.14. The molecule has 2 atom stereocenters. The van der Waals surface area contributed by atoms with Crippen molar-refractivity contribution in [1.82, 2.24) is 20.1 Å². The van der Waals surface area contributed by atoms with Crippen LogP contribution in [0.15, 0.2) is 23.2 Å². The molecule has 0 spiro atoms. The van der Waals surface area contributed by atoms with E-state index in [0.29, 0.717) is 33.2 Å². The molecule has 1 amide bonds. The number of nitrogens with zero attached hydrogens (tertiary/aromatic N) is 4. The van der Waals surface area contributed by atoms with Crippen molar-refractivity contribution >= 4 is 28.9 Å². The van der Waals surface area contributed by atoms with E-state index in [9.17, 15) is 14.4 Å². The van der Waals surface area contributed by atoms with E-state index in [1.54, 1.807) is 19.2 Å². The molecule has 1 aromatic heterocycles. The SMILES string of the molecule is CN=C(/C=[N+](\O)CO)N1CCN([C@H]2CCC[C@@H](NC(=O)c3cc4c(F)ccc(C)c4[nH]3)C2)CC1. The van der Waals surface area contributed by atoms with Crippen LogP contribution >= 0.6 is 0 Å². The number of aliphatic hydroxyl groups is 1. The zero-order valence-corrected chi connectivity index (χ0v) is 19.8. The van der Waals surface area contributed by atoms with Gasteiger partial charge in [0.15, 0.2) is 5.84 Å². The Bertz CT molecular complexity index is 1050. The number of carbonyl (C=O) groups is 1. The Hall–Kier alpha value is -2.98. The monoisotopic (exact) mass is 473 g/mol. The number of aromatic nitrogens is 1. The van der Waals surface area contributed by atoms with Crippen LogP contribution in [0.25, 0.3) is 10.9 Å². The highest BCUT2D eigenvalue weighted by Crippen LogP contribution is 2.26. The number of fused-ring (bicyclic) bond motifs is 1. The number of hydroxylamine groups is 1. The van der Waals surface area contributed by atoms with Gasteiger partial charge in [-0.25, -0.2) is 4.39 Å². The largest absolute Gasteiger partial charge is 0.350 e. The van der Waals surface area contributed by atoms with Crippen LogP contribution in [0.2, 0.25) is 0 Å². The van der Waals surface area contributed by atoms with E-state index >= 15 is 0 Å². The maximum Gasteiger partial charge on any atom is 0.293 e. The molecule has 1 aromatic carbocycles. The number of amidine groups is 1. The fourth-order valence-electron chi connectivity index (χ4n) is 5.11. The van der Waals surface area contributed by atoms with Crippen molar-refractivity contribution in [1.29, 1.82) is 0 Å². The number of aryl methyl sites for hydroxylation is 1. The number of piperazine rings is 1. The number of hydrogen-bond acceptors (Lipinski definition) is 5. The zero-order chi connectivity index (χ0) is 24.2. The lowest BCUT2D eigenvalue weighted by atomic mass is 9.89. The molecule has 1 saturated heterocycles. The molecule has 10 heteroatoms. The van der Waals surface area contributed by atoms with Gasteiger partial charge >= 0.3 is 0 Å². The van der Waals surface area contributed by atoms with E-state index in [1.807, 2.05) is 6.92 Å². The summed E-state index contributed by atoms with van der Waals surface area (Å²) in [5.41, 5.74) is 1.96. The highest BCUT2D eigenvalue weighted by molar-refractivity contribution is 6.27. The van der Waals surface area contributed by atoms with Gasteiger partial charge in [-0.05, 0) is 50.3 Å². The van der Waals surface area contributed by atoms with Crippen molar-refractivity contribution in [2.45, 2.75) is 44.7 Å². The fraction of sp³-hybridized carbons (Fsp3) is 0.542. The molecule has 4 rings (SSSR count). The molecule has 0 radical (unpaired) electrons. The van der Waals surface area contributed by atoms with Crippen molar-refractivity contribution in [2.75, 3.05) is 40.0 Å². The summed E-state index contributed by atoms with van der Waals surface area (Å²) in [6, 6.07) is 5.21. The van der Waals surface area contributed by atoms with E-state index in [-0.39, 0.29) is 17.8 Å². The highest BCUT2D eigenvalue weighted by Gasteiger charge is 2.31. The Labute approximate surface area is 198 Å². The van der Waals surface area contributed by atoms with E-state index < -0.39 is 6.73 Å². The molecule has 0 unspecified atom stereocenters. The van der Waals surface area contributed by atoms with Crippen LogP contribution in [0.1, 0.15) is 41.7 Å². The lowest BCUT2D eigenvalue weighted by molar-refractivity contribution is -0.790. The quantitative estimate of drug-likeness (QED) is 0.132. The first-order valence-corrected chi connectivity index (χ1v) is 11.8. The maximum atomic E-state index is 14.1. The van der Waals surface area contributed by atoms with E-state index in [2.05, 4.69) is 25.1 Å². The van der Waals surface area contributed by atoms with Crippen LogP contribution in [-0.2, 0) is 0 Å². The molecule has 1 aliphatic heterocycles. The van der Waals surface area contributed by atoms with Crippen LogP contribution in [0, 0.1) is 12.7 Å². The number of nitrogens with one attached hydrogen (secondary N) is 2. The van der Waals surface area contributed by atoms with Crippen molar-refractivity contribution in [2.24, 2.45) is 4.99 Å². The second kappa shape index (κ2) is 10.5. The van der Waals surface area contributed by atoms with Gasteiger partial charge in [0.1, 0.15) is 11.5 Å². The van der Waals surface area contributed by atoms with E-state index in [0.717, 1.165) is 57.4 Å². The van der Waals surface area contributed by atoms with Crippen LogP contribution in [0.3, 0.4) is 0 Å². The molecular formula is C24H34FN6O3+. The van der Waals surface area contributed by atoms with Gasteiger partial charge < -0.3 is 20.3 Å². The predicted molar refractivity (Wildman–Crippen MR) is 128 cm³/mol. The normalized spacial score (nSPS) is 22.9. The van der Waals surface area contributed by atoms with Crippen LogP contribution in [0.5, 0.6) is 0 Å². The van der Waals surface area contributed by atoms with Crippen molar-refractivity contribution in [3.63, 3.8) is 0 Å². The number of aliphatic hydroxyl groups excluding tert-OH is 1. The summed E-state index contributed by atoms with van der Waals surface area (Å²) < 4.78 is 14.9. The number of hydrogen-bond donors (Lipinski definition) is 4. The van der Waals surface area contributed by atoms with Gasteiger partial charge in [-0.2, -0.15) is 0 Å². The number of rotatable bonds is 5. The molecule has 9 nitrogen and oxygen atoms in total. The summed E-state index contributed by atoms with van der Waals surface area (Å²) >= 11 is 0. The molecule has 2 aromatic rings. The summed E-state index contributed by atoms with van der Waals surface area (Å²) in [6.07, 6.45) is 5.39. The molecular weight excluding hydrogens is 439 g/mol. The Morgan fingerprint density at radius 3 is 2.76 bits per heavy atom. The third kappa shape index (κ3) is 5.23. The first-order chi connectivity index (χ1) is 16.4. The summed E-state index contributed by atoms with van der Waals surface area (Å²) in [4.78, 5) is 24.8. The molecule has 1 saturated carbocycles. The number of amides is 1. The van der Waals surface area contributed by atoms with Crippen molar-refractivity contribution < 1.29 is 24.2 Å². The Kier molecular flexibility index (Phi) is 7.47. The molecule has 1 aliphatic carbocycles. The highest BCUT2D eigenvalue weighted by atomic mass is 19.1. The second-order valence-electron chi connectivity index (χ2n) is 9.14. The van der Waals surface area contributed by atoms with Crippen molar-refractivity contribution in [3.8, 4) is 0 Å². The maximum absolute atomic E-state index is 14.1. The lowest BCUT2D eigenvalue weighted by Crippen LogP contribution is -2.54. The van der Waals surface area contributed by atoms with E-state index in [4.69, 9.17) is 5.11 Å². The van der Waals surface area contributed by atoms with Crippen LogP contribution in [0.4, 0.5) is 4.39 Å². The fourth-order valence-corrected chi connectivity index (χ4v) is 5.11. The smallest absolute Gasteiger partial charge is 0.293 e. The molecule has 0 bridgehead atoms. The average molecular weight is 474 g/mol. The molecule has 2 fully saturated rings. The van der Waals surface area contributed by atoms with Gasteiger partial charge in [-0.1, -0.05) is 6.07 Å². The molecule has 34 heavy (non-hydrogen) atoms. The van der Waals surface area contributed by atoms with Gasteiger partial charge in [0.05, 0.1) is 5.52 Å². The molecule has 184 valence electrons. The first kappa shape index (κ1) is 24.2. The van der Waals surface area contributed by atoms with Crippen LogP contribution in [-0.4, -0.2) is 99.8 Å². The van der Waals surface area contributed by atoms with Gasteiger partial charge in [-0.15, -0.1) is 0 Å².